The fourth-order valence-electron chi connectivity index (χ4n) is 3.36. The predicted octanol–water partition coefficient (Wildman–Crippen LogP) is 6.92. The van der Waals surface area contributed by atoms with E-state index in [4.69, 9.17) is 0 Å². The normalized spacial score (nSPS) is 11.6. The van der Waals surface area contributed by atoms with Gasteiger partial charge in [0.05, 0.1) is 0 Å². The summed E-state index contributed by atoms with van der Waals surface area (Å²) >= 11 is 1.91. The van der Waals surface area contributed by atoms with Crippen molar-refractivity contribution in [1.29, 1.82) is 0 Å². The van der Waals surface area contributed by atoms with Crippen molar-refractivity contribution in [1.82, 2.24) is 0 Å². The van der Waals surface area contributed by atoms with Crippen LogP contribution in [-0.2, 0) is 6.42 Å². The Morgan fingerprint density at radius 2 is 1.43 bits per heavy atom. The highest BCUT2D eigenvalue weighted by Gasteiger charge is 2.12. The zero-order valence-corrected chi connectivity index (χ0v) is 14.4. The molecule has 4 aromatic rings. The van der Waals surface area contributed by atoms with Gasteiger partial charge < -0.3 is 0 Å². The Balaban J connectivity index is 2.00. The quantitative estimate of drug-likeness (QED) is 0.385. The average Bonchev–Trinajstić information content (AvgIpc) is 2.94. The Hall–Kier alpha value is -2.12. The van der Waals surface area contributed by atoms with Crippen LogP contribution >= 0.6 is 11.3 Å². The molecule has 3 aromatic carbocycles. The summed E-state index contributed by atoms with van der Waals surface area (Å²) in [7, 11) is 0. The predicted molar refractivity (Wildman–Crippen MR) is 103 cm³/mol. The fraction of sp³-hybridized carbons (Fsp3) is 0.182. The Kier molecular flexibility index (Phi) is 3.66. The molecule has 1 heteroatoms. The number of fused-ring (bicyclic) bond motifs is 3. The molecular weight excluding hydrogens is 296 g/mol. The SMILES string of the molecule is CC(C)Cc1ccccc1-c1cccc2c1sc1ccccc12. The van der Waals surface area contributed by atoms with Crippen LogP contribution in [0.5, 0.6) is 0 Å². The van der Waals surface area contributed by atoms with Gasteiger partial charge >= 0.3 is 0 Å². The summed E-state index contributed by atoms with van der Waals surface area (Å²) in [5.74, 6) is 0.665. The van der Waals surface area contributed by atoms with Crippen molar-refractivity contribution >= 4 is 31.5 Å². The van der Waals surface area contributed by atoms with Gasteiger partial charge in [-0.25, -0.2) is 0 Å². The maximum absolute atomic E-state index is 2.29. The standard InChI is InChI=1S/C22H20S/c1-15(2)14-16-8-3-4-9-17(16)19-11-7-12-20-18-10-5-6-13-21(18)23-22(19)20/h3-13,15H,14H2,1-2H3. The van der Waals surface area contributed by atoms with Crippen LogP contribution in [0.3, 0.4) is 0 Å². The van der Waals surface area contributed by atoms with Crippen molar-refractivity contribution in [2.75, 3.05) is 0 Å². The van der Waals surface area contributed by atoms with Gasteiger partial charge in [0.15, 0.2) is 0 Å². The van der Waals surface area contributed by atoms with Crippen LogP contribution in [0.4, 0.5) is 0 Å². The summed E-state index contributed by atoms with van der Waals surface area (Å²) in [4.78, 5) is 0. The van der Waals surface area contributed by atoms with E-state index < -0.39 is 0 Å². The molecule has 0 aliphatic rings. The molecule has 0 N–H and O–H groups in total. The van der Waals surface area contributed by atoms with Crippen molar-refractivity contribution in [2.24, 2.45) is 5.92 Å². The molecule has 0 aliphatic carbocycles. The third-order valence-corrected chi connectivity index (χ3v) is 5.56. The van der Waals surface area contributed by atoms with Crippen molar-refractivity contribution in [3.8, 4) is 11.1 Å². The zero-order chi connectivity index (χ0) is 15.8. The lowest BCUT2D eigenvalue weighted by molar-refractivity contribution is 0.648. The fourth-order valence-corrected chi connectivity index (χ4v) is 4.59. The first kappa shape index (κ1) is 14.5. The van der Waals surface area contributed by atoms with Gasteiger partial charge in [-0.05, 0) is 35.1 Å². The Bertz CT molecular complexity index is 976. The minimum absolute atomic E-state index is 0.665. The number of rotatable bonds is 3. The molecule has 0 saturated carbocycles. The summed E-state index contributed by atoms with van der Waals surface area (Å²) in [6, 6.07) is 24.3. The molecule has 0 atom stereocenters. The van der Waals surface area contributed by atoms with E-state index in [1.807, 2.05) is 11.3 Å². The maximum Gasteiger partial charge on any atom is 0.0433 e. The summed E-state index contributed by atoms with van der Waals surface area (Å²) in [6.07, 6.45) is 1.12. The molecule has 1 aromatic heterocycles. The first-order valence-electron chi connectivity index (χ1n) is 8.22. The molecule has 1 heterocycles. The molecule has 114 valence electrons. The van der Waals surface area contributed by atoms with Crippen LogP contribution in [-0.4, -0.2) is 0 Å². The molecule has 4 rings (SSSR count). The lowest BCUT2D eigenvalue weighted by Crippen LogP contribution is -1.96. The molecule has 0 bridgehead atoms. The van der Waals surface area contributed by atoms with E-state index in [-0.39, 0.29) is 0 Å². The molecule has 0 spiro atoms. The van der Waals surface area contributed by atoms with E-state index in [1.54, 1.807) is 0 Å². The molecule has 0 nitrogen and oxygen atoms in total. The van der Waals surface area contributed by atoms with Gasteiger partial charge in [0, 0.05) is 20.2 Å². The monoisotopic (exact) mass is 316 g/mol. The zero-order valence-electron chi connectivity index (χ0n) is 13.5. The lowest BCUT2D eigenvalue weighted by atomic mass is 9.93. The van der Waals surface area contributed by atoms with Crippen LogP contribution < -0.4 is 0 Å². The maximum atomic E-state index is 2.29. The molecule has 0 radical (unpaired) electrons. The summed E-state index contributed by atoms with van der Waals surface area (Å²) in [5, 5.41) is 2.75. The second-order valence-corrected chi connectivity index (χ2v) is 7.59. The largest absolute Gasteiger partial charge is 0.135 e. The third kappa shape index (κ3) is 2.55. The van der Waals surface area contributed by atoms with Crippen molar-refractivity contribution in [3.63, 3.8) is 0 Å². The molecule has 0 aliphatic heterocycles. The Morgan fingerprint density at radius 3 is 2.30 bits per heavy atom. The highest BCUT2D eigenvalue weighted by Crippen LogP contribution is 2.40. The molecule has 0 fully saturated rings. The van der Waals surface area contributed by atoms with Crippen molar-refractivity contribution in [3.05, 3.63) is 72.3 Å². The third-order valence-electron chi connectivity index (χ3n) is 4.34. The Labute approximate surface area is 141 Å². The van der Waals surface area contributed by atoms with E-state index in [0.717, 1.165) is 6.42 Å². The van der Waals surface area contributed by atoms with E-state index >= 15 is 0 Å². The minimum Gasteiger partial charge on any atom is -0.135 e. The van der Waals surface area contributed by atoms with Crippen molar-refractivity contribution in [2.45, 2.75) is 20.3 Å². The molecular formula is C22H20S. The topological polar surface area (TPSA) is 0 Å². The molecule has 0 amide bonds. The number of benzene rings is 3. The summed E-state index contributed by atoms with van der Waals surface area (Å²) < 4.78 is 2.78. The summed E-state index contributed by atoms with van der Waals surface area (Å²) in [6.45, 7) is 4.58. The first-order chi connectivity index (χ1) is 11.2. The number of hydrogen-bond donors (Lipinski definition) is 0. The number of thiophene rings is 1. The van der Waals surface area contributed by atoms with E-state index in [9.17, 15) is 0 Å². The van der Waals surface area contributed by atoms with Gasteiger partial charge in [-0.15, -0.1) is 11.3 Å². The van der Waals surface area contributed by atoms with Gasteiger partial charge in [0.25, 0.3) is 0 Å². The van der Waals surface area contributed by atoms with E-state index in [2.05, 4.69) is 80.6 Å². The summed E-state index contributed by atoms with van der Waals surface area (Å²) in [5.41, 5.74) is 4.21. The number of hydrogen-bond acceptors (Lipinski definition) is 1. The van der Waals surface area contributed by atoms with Gasteiger partial charge in [-0.1, -0.05) is 74.5 Å². The molecule has 0 saturated heterocycles. The van der Waals surface area contributed by atoms with Gasteiger partial charge in [0.2, 0.25) is 0 Å². The van der Waals surface area contributed by atoms with E-state index in [1.165, 1.54) is 36.9 Å². The second-order valence-electron chi connectivity index (χ2n) is 6.54. The van der Waals surface area contributed by atoms with Crippen LogP contribution in [0.15, 0.2) is 66.7 Å². The smallest absolute Gasteiger partial charge is 0.0433 e. The van der Waals surface area contributed by atoms with Crippen LogP contribution in [0, 0.1) is 5.92 Å². The second kappa shape index (κ2) is 5.82. The van der Waals surface area contributed by atoms with E-state index in [0.29, 0.717) is 5.92 Å². The van der Waals surface area contributed by atoms with Crippen LogP contribution in [0.2, 0.25) is 0 Å². The highest BCUT2D eigenvalue weighted by atomic mass is 32.1. The van der Waals surface area contributed by atoms with Gasteiger partial charge in [-0.3, -0.25) is 0 Å². The Morgan fingerprint density at radius 1 is 0.739 bits per heavy atom. The van der Waals surface area contributed by atoms with Gasteiger partial charge in [-0.2, -0.15) is 0 Å². The molecule has 0 unspecified atom stereocenters. The molecule has 23 heavy (non-hydrogen) atoms. The van der Waals surface area contributed by atoms with Gasteiger partial charge in [0.1, 0.15) is 0 Å². The van der Waals surface area contributed by atoms with Crippen molar-refractivity contribution < 1.29 is 0 Å². The lowest BCUT2D eigenvalue weighted by Gasteiger charge is -2.12. The first-order valence-corrected chi connectivity index (χ1v) is 9.04. The van der Waals surface area contributed by atoms with Crippen LogP contribution in [0.25, 0.3) is 31.3 Å². The highest BCUT2D eigenvalue weighted by molar-refractivity contribution is 7.26. The van der Waals surface area contributed by atoms with Crippen LogP contribution in [0.1, 0.15) is 19.4 Å². The average molecular weight is 316 g/mol. The minimum atomic E-state index is 0.665.